The van der Waals surface area contributed by atoms with Crippen LogP contribution in [0.3, 0.4) is 0 Å². The molecule has 0 aliphatic carbocycles. The molecule has 0 spiro atoms. The molecule has 0 aliphatic rings. The number of halogens is 1. The van der Waals surface area contributed by atoms with Gasteiger partial charge in [-0.1, -0.05) is 48.9 Å². The van der Waals surface area contributed by atoms with Gasteiger partial charge in [0.25, 0.3) is 0 Å². The first-order valence-electron chi connectivity index (χ1n) is 5.76. The van der Waals surface area contributed by atoms with Gasteiger partial charge in [0.1, 0.15) is 0 Å². The lowest BCUT2D eigenvalue weighted by molar-refractivity contribution is 0.895. The Morgan fingerprint density at radius 2 is 1.65 bits per heavy atom. The molecule has 0 aliphatic heterocycles. The first-order chi connectivity index (χ1) is 8.29. The maximum Gasteiger partial charge on any atom is 0.0406 e. The second-order valence-corrected chi connectivity index (χ2v) is 5.59. The molecule has 0 saturated carbocycles. The molecule has 2 heteroatoms. The normalized spacial score (nSPS) is 12.4. The van der Waals surface area contributed by atoms with Crippen LogP contribution >= 0.6 is 23.4 Å². The quantitative estimate of drug-likeness (QED) is 0.648. The van der Waals surface area contributed by atoms with Crippen molar-refractivity contribution < 1.29 is 0 Å². The summed E-state index contributed by atoms with van der Waals surface area (Å²) in [6.07, 6.45) is 1.11. The molecular formula is C15H15ClS. The molecule has 0 fully saturated rings. The van der Waals surface area contributed by atoms with E-state index < -0.39 is 0 Å². The van der Waals surface area contributed by atoms with Crippen LogP contribution in [-0.4, -0.2) is 0 Å². The van der Waals surface area contributed by atoms with Crippen LogP contribution < -0.4 is 0 Å². The van der Waals surface area contributed by atoms with Crippen LogP contribution in [0, 0.1) is 0 Å². The van der Waals surface area contributed by atoms with Gasteiger partial charge in [0, 0.05) is 15.2 Å². The van der Waals surface area contributed by atoms with Crippen LogP contribution in [0.2, 0.25) is 5.02 Å². The molecule has 2 rings (SSSR count). The van der Waals surface area contributed by atoms with E-state index in [0.717, 1.165) is 11.4 Å². The Hall–Kier alpha value is -0.920. The molecule has 2 aromatic carbocycles. The highest BCUT2D eigenvalue weighted by molar-refractivity contribution is 7.99. The van der Waals surface area contributed by atoms with Gasteiger partial charge < -0.3 is 0 Å². The van der Waals surface area contributed by atoms with Crippen molar-refractivity contribution >= 4 is 23.4 Å². The zero-order valence-electron chi connectivity index (χ0n) is 9.77. The van der Waals surface area contributed by atoms with Crippen molar-refractivity contribution in [1.82, 2.24) is 0 Å². The lowest BCUT2D eigenvalue weighted by Gasteiger charge is -2.15. The SMILES string of the molecule is CCC(Sc1ccccc1)c1ccc(Cl)cc1. The number of rotatable bonds is 4. The smallest absolute Gasteiger partial charge is 0.0406 e. The van der Waals surface area contributed by atoms with Crippen molar-refractivity contribution in [2.45, 2.75) is 23.5 Å². The average Bonchev–Trinajstić information content (AvgIpc) is 2.38. The predicted octanol–water partition coefficient (Wildman–Crippen LogP) is 5.58. The van der Waals surface area contributed by atoms with Crippen molar-refractivity contribution in [1.29, 1.82) is 0 Å². The summed E-state index contributed by atoms with van der Waals surface area (Å²) in [6, 6.07) is 18.7. The highest BCUT2D eigenvalue weighted by Gasteiger charge is 2.10. The van der Waals surface area contributed by atoms with E-state index in [1.807, 2.05) is 30.0 Å². The summed E-state index contributed by atoms with van der Waals surface area (Å²) in [5.74, 6) is 0. The van der Waals surface area contributed by atoms with Crippen LogP contribution in [0.25, 0.3) is 0 Å². The summed E-state index contributed by atoms with van der Waals surface area (Å²) in [5.41, 5.74) is 1.34. The van der Waals surface area contributed by atoms with Gasteiger partial charge in [-0.15, -0.1) is 11.8 Å². The van der Waals surface area contributed by atoms with E-state index in [1.165, 1.54) is 10.5 Å². The van der Waals surface area contributed by atoms with E-state index in [9.17, 15) is 0 Å². The van der Waals surface area contributed by atoms with Crippen LogP contribution in [0.15, 0.2) is 59.5 Å². The van der Waals surface area contributed by atoms with E-state index in [-0.39, 0.29) is 0 Å². The largest absolute Gasteiger partial charge is 0.118 e. The van der Waals surface area contributed by atoms with Crippen LogP contribution in [0.4, 0.5) is 0 Å². The molecule has 0 bridgehead atoms. The monoisotopic (exact) mass is 262 g/mol. The van der Waals surface area contributed by atoms with Crippen molar-refractivity contribution in [3.05, 3.63) is 65.2 Å². The minimum Gasteiger partial charge on any atom is -0.118 e. The zero-order valence-corrected chi connectivity index (χ0v) is 11.3. The topological polar surface area (TPSA) is 0 Å². The van der Waals surface area contributed by atoms with Gasteiger partial charge in [0.2, 0.25) is 0 Å². The summed E-state index contributed by atoms with van der Waals surface area (Å²) in [4.78, 5) is 1.31. The molecule has 0 N–H and O–H groups in total. The Balaban J connectivity index is 2.14. The van der Waals surface area contributed by atoms with Crippen LogP contribution in [0.1, 0.15) is 24.2 Å². The van der Waals surface area contributed by atoms with Crippen molar-refractivity contribution in [3.8, 4) is 0 Å². The Morgan fingerprint density at radius 1 is 1.00 bits per heavy atom. The van der Waals surface area contributed by atoms with E-state index in [0.29, 0.717) is 5.25 Å². The van der Waals surface area contributed by atoms with Crippen molar-refractivity contribution in [3.63, 3.8) is 0 Å². The molecule has 88 valence electrons. The number of thioether (sulfide) groups is 1. The van der Waals surface area contributed by atoms with E-state index >= 15 is 0 Å². The Morgan fingerprint density at radius 3 is 2.24 bits per heavy atom. The van der Waals surface area contributed by atoms with E-state index in [1.54, 1.807) is 0 Å². The van der Waals surface area contributed by atoms with Gasteiger partial charge in [-0.05, 0) is 36.2 Å². The molecule has 0 amide bonds. The predicted molar refractivity (Wildman–Crippen MR) is 76.8 cm³/mol. The minimum atomic E-state index is 0.495. The van der Waals surface area contributed by atoms with Crippen LogP contribution in [0.5, 0.6) is 0 Å². The molecule has 0 aromatic heterocycles. The third-order valence-electron chi connectivity index (χ3n) is 2.63. The molecule has 0 radical (unpaired) electrons. The molecule has 0 nitrogen and oxygen atoms in total. The highest BCUT2D eigenvalue weighted by atomic mass is 35.5. The Bertz CT molecular complexity index is 450. The van der Waals surface area contributed by atoms with Gasteiger partial charge in [-0.2, -0.15) is 0 Å². The second kappa shape index (κ2) is 6.13. The molecular weight excluding hydrogens is 248 g/mol. The third-order valence-corrected chi connectivity index (χ3v) is 4.32. The average molecular weight is 263 g/mol. The number of hydrogen-bond donors (Lipinski definition) is 0. The maximum absolute atomic E-state index is 5.91. The third kappa shape index (κ3) is 3.52. The van der Waals surface area contributed by atoms with Gasteiger partial charge in [-0.3, -0.25) is 0 Å². The van der Waals surface area contributed by atoms with Gasteiger partial charge in [0.15, 0.2) is 0 Å². The molecule has 0 saturated heterocycles. The van der Waals surface area contributed by atoms with E-state index in [2.05, 4.69) is 43.3 Å². The maximum atomic E-state index is 5.91. The Labute approximate surface area is 112 Å². The summed E-state index contributed by atoms with van der Waals surface area (Å²) < 4.78 is 0. The first-order valence-corrected chi connectivity index (χ1v) is 7.02. The van der Waals surface area contributed by atoms with Crippen LogP contribution in [-0.2, 0) is 0 Å². The Kier molecular flexibility index (Phi) is 4.52. The standard InChI is InChI=1S/C15H15ClS/c1-2-15(12-8-10-13(16)11-9-12)17-14-6-4-3-5-7-14/h3-11,15H,2H2,1H3. The van der Waals surface area contributed by atoms with Crippen molar-refractivity contribution in [2.24, 2.45) is 0 Å². The number of hydrogen-bond acceptors (Lipinski definition) is 1. The van der Waals surface area contributed by atoms with Gasteiger partial charge in [0.05, 0.1) is 0 Å². The first kappa shape index (κ1) is 12.5. The molecule has 2 aromatic rings. The van der Waals surface area contributed by atoms with Crippen molar-refractivity contribution in [2.75, 3.05) is 0 Å². The van der Waals surface area contributed by atoms with Gasteiger partial charge in [-0.25, -0.2) is 0 Å². The number of benzene rings is 2. The zero-order chi connectivity index (χ0) is 12.1. The fourth-order valence-corrected chi connectivity index (χ4v) is 2.96. The van der Waals surface area contributed by atoms with Gasteiger partial charge >= 0.3 is 0 Å². The molecule has 1 unspecified atom stereocenters. The summed E-state index contributed by atoms with van der Waals surface area (Å²) in [7, 11) is 0. The second-order valence-electron chi connectivity index (χ2n) is 3.88. The minimum absolute atomic E-state index is 0.495. The summed E-state index contributed by atoms with van der Waals surface area (Å²) in [6.45, 7) is 2.22. The lowest BCUT2D eigenvalue weighted by Crippen LogP contribution is -1.91. The van der Waals surface area contributed by atoms with E-state index in [4.69, 9.17) is 11.6 Å². The highest BCUT2D eigenvalue weighted by Crippen LogP contribution is 2.37. The summed E-state index contributed by atoms with van der Waals surface area (Å²) in [5, 5.41) is 1.29. The summed E-state index contributed by atoms with van der Waals surface area (Å²) >= 11 is 7.82. The fourth-order valence-electron chi connectivity index (χ4n) is 1.73. The molecule has 1 atom stereocenters. The lowest BCUT2D eigenvalue weighted by atomic mass is 10.1. The fraction of sp³-hybridized carbons (Fsp3) is 0.200. The molecule has 17 heavy (non-hydrogen) atoms. The molecule has 0 heterocycles.